The van der Waals surface area contributed by atoms with Gasteiger partial charge in [-0.3, -0.25) is 4.79 Å². The molecule has 0 spiro atoms. The molecule has 0 aliphatic carbocycles. The lowest BCUT2D eigenvalue weighted by Crippen LogP contribution is -2.38. The number of amides is 1. The maximum absolute atomic E-state index is 12.4. The van der Waals surface area contributed by atoms with Gasteiger partial charge in [-0.25, -0.2) is 14.6 Å². The standard InChI is InChI=1S/C23H32N6O2S/c1-5-13-32-23-27-20(25-14-16(2)3)19-15-26-29(21(19)28-23)12-11-24-22(30)17(4)31-18-9-7-6-8-10-18/h6-10,15-17H,5,11-14H2,1-4H3,(H,24,30)(H,25,27,28). The minimum Gasteiger partial charge on any atom is -0.481 e. The minimum absolute atomic E-state index is 0.168. The first-order valence-corrected chi connectivity index (χ1v) is 12.1. The van der Waals surface area contributed by atoms with E-state index in [2.05, 4.69) is 36.5 Å². The molecule has 0 bridgehead atoms. The van der Waals surface area contributed by atoms with Gasteiger partial charge in [0.15, 0.2) is 16.9 Å². The van der Waals surface area contributed by atoms with E-state index in [1.54, 1.807) is 24.9 Å². The molecule has 1 atom stereocenters. The lowest BCUT2D eigenvalue weighted by atomic mass is 10.2. The van der Waals surface area contributed by atoms with Crippen molar-refractivity contribution in [3.63, 3.8) is 0 Å². The van der Waals surface area contributed by atoms with E-state index in [0.29, 0.717) is 24.8 Å². The quantitative estimate of drug-likeness (QED) is 0.314. The van der Waals surface area contributed by atoms with E-state index >= 15 is 0 Å². The summed E-state index contributed by atoms with van der Waals surface area (Å²) in [6.45, 7) is 9.95. The molecule has 172 valence electrons. The highest BCUT2D eigenvalue weighted by atomic mass is 32.2. The normalized spacial score (nSPS) is 12.2. The summed E-state index contributed by atoms with van der Waals surface area (Å²) in [5.74, 6) is 2.76. The van der Waals surface area contributed by atoms with Crippen molar-refractivity contribution in [2.24, 2.45) is 5.92 Å². The van der Waals surface area contributed by atoms with Gasteiger partial charge in [-0.15, -0.1) is 0 Å². The number of para-hydroxylation sites is 1. The molecule has 2 aromatic heterocycles. The molecular formula is C23H32N6O2S. The largest absolute Gasteiger partial charge is 0.481 e. The topological polar surface area (TPSA) is 94.0 Å². The van der Waals surface area contributed by atoms with Crippen molar-refractivity contribution in [2.45, 2.75) is 51.9 Å². The van der Waals surface area contributed by atoms with Crippen molar-refractivity contribution in [1.29, 1.82) is 0 Å². The van der Waals surface area contributed by atoms with Crippen LogP contribution in [0.1, 0.15) is 34.1 Å². The fourth-order valence-electron chi connectivity index (χ4n) is 2.98. The van der Waals surface area contributed by atoms with E-state index in [4.69, 9.17) is 14.7 Å². The van der Waals surface area contributed by atoms with Crippen LogP contribution in [0.15, 0.2) is 41.7 Å². The fourth-order valence-corrected chi connectivity index (χ4v) is 3.67. The van der Waals surface area contributed by atoms with Gasteiger partial charge in [0.25, 0.3) is 5.91 Å². The summed E-state index contributed by atoms with van der Waals surface area (Å²) in [5.41, 5.74) is 0.771. The summed E-state index contributed by atoms with van der Waals surface area (Å²) >= 11 is 1.64. The average Bonchev–Trinajstić information content (AvgIpc) is 3.19. The molecule has 3 aromatic rings. The third-order valence-electron chi connectivity index (χ3n) is 4.64. The Balaban J connectivity index is 1.65. The van der Waals surface area contributed by atoms with Crippen LogP contribution in [0.4, 0.5) is 5.82 Å². The number of nitrogens with zero attached hydrogens (tertiary/aromatic N) is 4. The molecule has 2 heterocycles. The van der Waals surface area contributed by atoms with Gasteiger partial charge in [-0.05, 0) is 31.4 Å². The monoisotopic (exact) mass is 456 g/mol. The number of rotatable bonds is 12. The molecule has 8 nitrogen and oxygen atoms in total. The van der Waals surface area contributed by atoms with E-state index < -0.39 is 6.10 Å². The smallest absolute Gasteiger partial charge is 0.260 e. The van der Waals surface area contributed by atoms with Crippen molar-refractivity contribution < 1.29 is 9.53 Å². The van der Waals surface area contributed by atoms with Gasteiger partial charge in [0.05, 0.1) is 18.1 Å². The van der Waals surface area contributed by atoms with Crippen LogP contribution in [0.5, 0.6) is 5.75 Å². The SMILES string of the molecule is CCCSc1nc(NCC(C)C)c2cnn(CCNC(=O)C(C)Oc3ccccc3)c2n1. The molecule has 3 rings (SSSR count). The maximum Gasteiger partial charge on any atom is 0.260 e. The Kier molecular flexibility index (Phi) is 8.72. The Morgan fingerprint density at radius 2 is 1.97 bits per heavy atom. The summed E-state index contributed by atoms with van der Waals surface area (Å²) in [6.07, 6.45) is 2.25. The number of hydrogen-bond acceptors (Lipinski definition) is 7. The van der Waals surface area contributed by atoms with Crippen LogP contribution in [0.25, 0.3) is 11.0 Å². The van der Waals surface area contributed by atoms with Crippen LogP contribution in [0.2, 0.25) is 0 Å². The molecule has 0 fully saturated rings. The van der Waals surface area contributed by atoms with Gasteiger partial charge in [-0.1, -0.05) is 50.7 Å². The molecular weight excluding hydrogens is 424 g/mol. The Labute approximate surface area is 193 Å². The molecule has 0 aliphatic heterocycles. The Morgan fingerprint density at radius 3 is 2.69 bits per heavy atom. The van der Waals surface area contributed by atoms with Gasteiger partial charge in [-0.2, -0.15) is 5.10 Å². The summed E-state index contributed by atoms with van der Waals surface area (Å²) < 4.78 is 7.50. The first-order valence-electron chi connectivity index (χ1n) is 11.1. The Bertz CT molecular complexity index is 1010. The highest BCUT2D eigenvalue weighted by Crippen LogP contribution is 2.25. The van der Waals surface area contributed by atoms with Crippen LogP contribution in [0, 0.1) is 5.92 Å². The molecule has 1 aromatic carbocycles. The molecule has 0 radical (unpaired) electrons. The van der Waals surface area contributed by atoms with Gasteiger partial charge in [0, 0.05) is 18.8 Å². The molecule has 2 N–H and O–H groups in total. The Hall–Kier alpha value is -2.81. The summed E-state index contributed by atoms with van der Waals surface area (Å²) in [4.78, 5) is 21.8. The van der Waals surface area contributed by atoms with E-state index in [1.807, 2.05) is 35.0 Å². The van der Waals surface area contributed by atoms with E-state index in [-0.39, 0.29) is 5.91 Å². The lowest BCUT2D eigenvalue weighted by Gasteiger charge is -2.15. The number of benzene rings is 1. The average molecular weight is 457 g/mol. The second-order valence-electron chi connectivity index (χ2n) is 7.95. The minimum atomic E-state index is -0.585. The summed E-state index contributed by atoms with van der Waals surface area (Å²) in [5, 5.41) is 12.5. The molecule has 32 heavy (non-hydrogen) atoms. The second-order valence-corrected chi connectivity index (χ2v) is 9.01. The third-order valence-corrected chi connectivity index (χ3v) is 5.69. The number of ether oxygens (including phenoxy) is 1. The zero-order valence-electron chi connectivity index (χ0n) is 19.2. The second kappa shape index (κ2) is 11.7. The molecule has 0 saturated heterocycles. The number of fused-ring (bicyclic) bond motifs is 1. The fraction of sp³-hybridized carbons (Fsp3) is 0.478. The molecule has 0 saturated carbocycles. The first-order chi connectivity index (χ1) is 15.5. The van der Waals surface area contributed by atoms with E-state index in [0.717, 1.165) is 40.7 Å². The maximum atomic E-state index is 12.4. The zero-order chi connectivity index (χ0) is 22.9. The zero-order valence-corrected chi connectivity index (χ0v) is 20.0. The summed E-state index contributed by atoms with van der Waals surface area (Å²) in [7, 11) is 0. The number of thioether (sulfide) groups is 1. The van der Waals surface area contributed by atoms with Crippen molar-refractivity contribution in [2.75, 3.05) is 24.2 Å². The van der Waals surface area contributed by atoms with E-state index in [1.165, 1.54) is 0 Å². The predicted molar refractivity (Wildman–Crippen MR) is 129 cm³/mol. The number of nitrogens with one attached hydrogen (secondary N) is 2. The van der Waals surface area contributed by atoms with Crippen LogP contribution in [-0.4, -0.2) is 50.6 Å². The number of carbonyl (C=O) groups excluding carboxylic acids is 1. The Morgan fingerprint density at radius 1 is 1.19 bits per heavy atom. The van der Waals surface area contributed by atoms with E-state index in [9.17, 15) is 4.79 Å². The van der Waals surface area contributed by atoms with Crippen molar-refractivity contribution >= 4 is 34.5 Å². The van der Waals surface area contributed by atoms with Crippen molar-refractivity contribution in [3.8, 4) is 5.75 Å². The van der Waals surface area contributed by atoms with Crippen molar-refractivity contribution in [3.05, 3.63) is 36.5 Å². The van der Waals surface area contributed by atoms with Gasteiger partial charge in [0.1, 0.15) is 11.6 Å². The van der Waals surface area contributed by atoms with Gasteiger partial charge in [0.2, 0.25) is 0 Å². The summed E-state index contributed by atoms with van der Waals surface area (Å²) in [6, 6.07) is 9.33. The molecule has 1 unspecified atom stereocenters. The predicted octanol–water partition coefficient (Wildman–Crippen LogP) is 3.98. The van der Waals surface area contributed by atoms with Crippen LogP contribution in [-0.2, 0) is 11.3 Å². The van der Waals surface area contributed by atoms with Crippen LogP contribution in [0.3, 0.4) is 0 Å². The number of carbonyl (C=O) groups is 1. The van der Waals surface area contributed by atoms with Gasteiger partial charge >= 0.3 is 0 Å². The molecule has 0 aliphatic rings. The highest BCUT2D eigenvalue weighted by molar-refractivity contribution is 7.99. The highest BCUT2D eigenvalue weighted by Gasteiger charge is 2.16. The number of hydrogen-bond donors (Lipinski definition) is 2. The third kappa shape index (κ3) is 6.59. The molecule has 1 amide bonds. The van der Waals surface area contributed by atoms with Crippen LogP contribution < -0.4 is 15.4 Å². The number of aromatic nitrogens is 4. The van der Waals surface area contributed by atoms with Crippen LogP contribution >= 0.6 is 11.8 Å². The molecule has 9 heteroatoms. The lowest BCUT2D eigenvalue weighted by molar-refractivity contribution is -0.127. The van der Waals surface area contributed by atoms with Gasteiger partial charge < -0.3 is 15.4 Å². The first kappa shape index (κ1) is 23.8. The number of anilines is 1. The van der Waals surface area contributed by atoms with Crippen molar-refractivity contribution in [1.82, 2.24) is 25.1 Å².